The first-order valence-corrected chi connectivity index (χ1v) is 12.2. The molecule has 0 N–H and O–H groups in total. The molecule has 0 amide bonds. The van der Waals surface area contributed by atoms with Gasteiger partial charge in [0.05, 0.1) is 17.9 Å². The fourth-order valence-electron chi connectivity index (χ4n) is 3.90. The number of thioether (sulfide) groups is 1. The van der Waals surface area contributed by atoms with E-state index in [1.165, 1.54) is 16.7 Å². The molecule has 5 aromatic rings. The van der Waals surface area contributed by atoms with Crippen LogP contribution in [-0.2, 0) is 18.6 Å². The number of rotatable bonds is 8. The predicted molar refractivity (Wildman–Crippen MR) is 133 cm³/mol. The molecule has 0 aliphatic rings. The summed E-state index contributed by atoms with van der Waals surface area (Å²) in [6, 6.07) is 26.9. The minimum absolute atomic E-state index is 0.524. The zero-order chi connectivity index (χ0) is 23.3. The first-order chi connectivity index (χ1) is 16.7. The molecule has 0 spiro atoms. The van der Waals surface area contributed by atoms with Crippen molar-refractivity contribution in [1.82, 2.24) is 25.0 Å². The quantitative estimate of drug-likeness (QED) is 0.271. The van der Waals surface area contributed by atoms with Crippen LogP contribution in [0.15, 0.2) is 88.4 Å². The van der Waals surface area contributed by atoms with E-state index in [0.29, 0.717) is 30.4 Å². The molecule has 34 heavy (non-hydrogen) atoms. The van der Waals surface area contributed by atoms with Crippen LogP contribution in [0.3, 0.4) is 0 Å². The molecule has 0 fully saturated rings. The zero-order valence-electron chi connectivity index (χ0n) is 19.2. The first-order valence-electron chi connectivity index (χ1n) is 11.2. The fraction of sp³-hybridized carbons (Fsp3) is 0.185. The molecule has 6 nitrogen and oxygen atoms in total. The number of benzene rings is 3. The van der Waals surface area contributed by atoms with Crippen molar-refractivity contribution in [1.29, 1.82) is 0 Å². The Kier molecular flexibility index (Phi) is 6.53. The Bertz CT molecular complexity index is 1380. The Morgan fingerprint density at radius 1 is 0.735 bits per heavy atom. The number of nitrogens with zero attached hydrogens (tertiary/aromatic N) is 5. The largest absolute Gasteiger partial charge is 0.424 e. The maximum Gasteiger partial charge on any atom is 0.226 e. The van der Waals surface area contributed by atoms with Gasteiger partial charge in [-0.25, -0.2) is 0 Å². The Balaban J connectivity index is 1.39. The van der Waals surface area contributed by atoms with Gasteiger partial charge in [-0.1, -0.05) is 90.1 Å². The molecule has 2 aromatic heterocycles. The van der Waals surface area contributed by atoms with E-state index in [4.69, 9.17) is 4.42 Å². The molecular weight excluding hydrogens is 442 g/mol. The summed E-state index contributed by atoms with van der Waals surface area (Å²) in [5.74, 6) is 2.62. The van der Waals surface area contributed by atoms with Gasteiger partial charge in [-0.2, -0.15) is 0 Å². The van der Waals surface area contributed by atoms with Crippen LogP contribution in [0.5, 0.6) is 0 Å². The second-order valence-electron chi connectivity index (χ2n) is 8.23. The summed E-state index contributed by atoms with van der Waals surface area (Å²) in [5, 5.41) is 18.3. The molecule has 0 unspecified atom stereocenters. The van der Waals surface area contributed by atoms with Crippen LogP contribution in [0.4, 0.5) is 0 Å². The van der Waals surface area contributed by atoms with E-state index in [2.05, 4.69) is 81.3 Å². The Hall–Kier alpha value is -3.71. The molecule has 5 rings (SSSR count). The van der Waals surface area contributed by atoms with Crippen molar-refractivity contribution in [3.63, 3.8) is 0 Å². The van der Waals surface area contributed by atoms with Crippen molar-refractivity contribution in [2.45, 2.75) is 37.6 Å². The molecule has 0 aliphatic heterocycles. The molecule has 0 saturated carbocycles. The topological polar surface area (TPSA) is 69.6 Å². The van der Waals surface area contributed by atoms with E-state index in [-0.39, 0.29) is 0 Å². The highest BCUT2D eigenvalue weighted by Gasteiger charge is 2.18. The molecular formula is C27H25N5OS. The van der Waals surface area contributed by atoms with Crippen molar-refractivity contribution >= 4 is 11.8 Å². The van der Waals surface area contributed by atoms with E-state index in [1.54, 1.807) is 11.8 Å². The molecule has 0 saturated heterocycles. The normalized spacial score (nSPS) is 11.1. The summed E-state index contributed by atoms with van der Waals surface area (Å²) in [6.45, 7) is 4.23. The first kappa shape index (κ1) is 22.1. The molecule has 0 aliphatic carbocycles. The van der Waals surface area contributed by atoms with E-state index >= 15 is 0 Å². The highest BCUT2D eigenvalue weighted by Crippen LogP contribution is 2.28. The smallest absolute Gasteiger partial charge is 0.226 e. The van der Waals surface area contributed by atoms with Gasteiger partial charge in [-0.05, 0) is 36.6 Å². The monoisotopic (exact) mass is 467 g/mol. The van der Waals surface area contributed by atoms with Gasteiger partial charge in [-0.15, -0.1) is 20.4 Å². The SMILES string of the molecule is Cc1ccc(-n2c(Cc3ccccc3)nnc2SCc2nnc(Cc3ccccc3)o2)c(C)c1. The van der Waals surface area contributed by atoms with Crippen LogP contribution in [0.2, 0.25) is 0 Å². The second kappa shape index (κ2) is 10.1. The highest BCUT2D eigenvalue weighted by atomic mass is 32.2. The lowest BCUT2D eigenvalue weighted by Gasteiger charge is -2.13. The lowest BCUT2D eigenvalue weighted by molar-refractivity contribution is 0.474. The molecule has 3 aromatic carbocycles. The summed E-state index contributed by atoms with van der Waals surface area (Å²) in [6.07, 6.45) is 1.32. The summed E-state index contributed by atoms with van der Waals surface area (Å²) in [4.78, 5) is 0. The van der Waals surface area contributed by atoms with Crippen molar-refractivity contribution in [3.8, 4) is 5.69 Å². The molecule has 0 bridgehead atoms. The summed E-state index contributed by atoms with van der Waals surface area (Å²) in [7, 11) is 0. The zero-order valence-corrected chi connectivity index (χ0v) is 20.0. The van der Waals surface area contributed by atoms with Gasteiger partial charge in [0, 0.05) is 6.42 Å². The van der Waals surface area contributed by atoms with Crippen molar-refractivity contribution in [2.75, 3.05) is 0 Å². The standard InChI is InChI=1S/C27H25N5OS/c1-19-13-14-23(20(2)15-19)32-24(16-21-9-5-3-6-10-21)28-31-27(32)34-18-26-30-29-25(33-26)17-22-11-7-4-8-12-22/h3-15H,16-18H2,1-2H3. The van der Waals surface area contributed by atoms with Crippen LogP contribution in [0, 0.1) is 13.8 Å². The summed E-state index contributed by atoms with van der Waals surface area (Å²) >= 11 is 1.55. The van der Waals surface area contributed by atoms with Crippen LogP contribution >= 0.6 is 11.8 Å². The highest BCUT2D eigenvalue weighted by molar-refractivity contribution is 7.98. The minimum atomic E-state index is 0.524. The van der Waals surface area contributed by atoms with Crippen molar-refractivity contribution in [2.24, 2.45) is 0 Å². The maximum absolute atomic E-state index is 5.90. The van der Waals surface area contributed by atoms with Gasteiger partial charge in [0.15, 0.2) is 5.16 Å². The second-order valence-corrected chi connectivity index (χ2v) is 9.17. The molecule has 7 heteroatoms. The summed E-state index contributed by atoms with van der Waals surface area (Å²) < 4.78 is 8.04. The lowest BCUT2D eigenvalue weighted by Crippen LogP contribution is -2.06. The van der Waals surface area contributed by atoms with Gasteiger partial charge in [0.25, 0.3) is 0 Å². The maximum atomic E-state index is 5.90. The molecule has 2 heterocycles. The van der Waals surface area contributed by atoms with Crippen LogP contribution in [0.1, 0.15) is 39.9 Å². The minimum Gasteiger partial charge on any atom is -0.424 e. The van der Waals surface area contributed by atoms with Gasteiger partial charge >= 0.3 is 0 Å². The van der Waals surface area contributed by atoms with E-state index in [9.17, 15) is 0 Å². The van der Waals surface area contributed by atoms with Crippen molar-refractivity contribution in [3.05, 3.63) is 119 Å². The van der Waals surface area contributed by atoms with Gasteiger partial charge in [0.1, 0.15) is 5.82 Å². The average Bonchev–Trinajstić information content (AvgIpc) is 3.46. The average molecular weight is 468 g/mol. The van der Waals surface area contributed by atoms with Crippen molar-refractivity contribution < 1.29 is 4.42 Å². The van der Waals surface area contributed by atoms with Crippen LogP contribution < -0.4 is 0 Å². The third kappa shape index (κ3) is 5.10. The Morgan fingerprint density at radius 2 is 1.41 bits per heavy atom. The molecule has 0 radical (unpaired) electrons. The van der Waals surface area contributed by atoms with E-state index in [0.717, 1.165) is 22.2 Å². The van der Waals surface area contributed by atoms with Crippen LogP contribution in [-0.4, -0.2) is 25.0 Å². The third-order valence-corrected chi connectivity index (χ3v) is 6.44. The van der Waals surface area contributed by atoms with Gasteiger partial charge < -0.3 is 4.42 Å². The number of aromatic nitrogens is 5. The molecule has 0 atom stereocenters. The molecule has 170 valence electrons. The van der Waals surface area contributed by atoms with Crippen LogP contribution in [0.25, 0.3) is 5.69 Å². The fourth-order valence-corrected chi connectivity index (χ4v) is 4.70. The number of aryl methyl sites for hydroxylation is 2. The summed E-state index contributed by atoms with van der Waals surface area (Å²) in [5.41, 5.74) is 5.83. The third-order valence-electron chi connectivity index (χ3n) is 5.53. The number of hydrogen-bond acceptors (Lipinski definition) is 6. The number of hydrogen-bond donors (Lipinski definition) is 0. The van der Waals surface area contributed by atoms with E-state index < -0.39 is 0 Å². The predicted octanol–water partition coefficient (Wildman–Crippen LogP) is 5.74. The Labute approximate surface area is 203 Å². The Morgan fingerprint density at radius 3 is 2.12 bits per heavy atom. The van der Waals surface area contributed by atoms with E-state index in [1.807, 2.05) is 36.4 Å². The van der Waals surface area contributed by atoms with Gasteiger partial charge in [-0.3, -0.25) is 4.57 Å². The lowest BCUT2D eigenvalue weighted by atomic mass is 10.1. The van der Waals surface area contributed by atoms with Gasteiger partial charge in [0.2, 0.25) is 11.8 Å².